The average molecular weight is 621 g/mol. The summed E-state index contributed by atoms with van der Waals surface area (Å²) in [7, 11) is 1.58. The molecule has 1 saturated heterocycles. The summed E-state index contributed by atoms with van der Waals surface area (Å²) >= 11 is 1.27. The highest BCUT2D eigenvalue weighted by Crippen LogP contribution is 2.45. The number of hydrogen-bond acceptors (Lipinski definition) is 8. The van der Waals surface area contributed by atoms with Crippen LogP contribution < -0.4 is 19.1 Å². The van der Waals surface area contributed by atoms with Crippen molar-refractivity contribution in [2.75, 3.05) is 18.6 Å². The Morgan fingerprint density at radius 2 is 1.67 bits per heavy atom. The molecule has 0 radical (unpaired) electrons. The van der Waals surface area contributed by atoms with Gasteiger partial charge in [-0.1, -0.05) is 79.3 Å². The van der Waals surface area contributed by atoms with Gasteiger partial charge in [0.15, 0.2) is 5.13 Å². The van der Waals surface area contributed by atoms with Crippen molar-refractivity contribution in [2.45, 2.75) is 32.4 Å². The van der Waals surface area contributed by atoms with Crippen LogP contribution in [-0.4, -0.2) is 35.5 Å². The number of carbonyl (C=O) groups excluding carboxylic acids is 2. The van der Waals surface area contributed by atoms with E-state index in [2.05, 4.69) is 6.92 Å². The summed E-state index contributed by atoms with van der Waals surface area (Å²) in [5, 5.41) is 12.0. The van der Waals surface area contributed by atoms with Gasteiger partial charge in [0, 0.05) is 5.56 Å². The molecule has 1 aromatic heterocycles. The molecule has 8 nitrogen and oxygen atoms in total. The van der Waals surface area contributed by atoms with Crippen LogP contribution in [0, 0.1) is 0 Å². The number of unbranched alkanes of at least 4 members (excludes halogenated alkanes) is 1. The normalized spacial score (nSPS) is 15.9. The lowest BCUT2D eigenvalue weighted by molar-refractivity contribution is -0.132. The first kappa shape index (κ1) is 29.9. The predicted octanol–water partition coefficient (Wildman–Crippen LogP) is 7.69. The van der Waals surface area contributed by atoms with E-state index in [9.17, 15) is 14.7 Å². The molecule has 1 N–H and O–H groups in total. The van der Waals surface area contributed by atoms with Gasteiger partial charge in [-0.25, -0.2) is 4.98 Å². The number of thiazole rings is 1. The number of aromatic nitrogens is 1. The molecule has 45 heavy (non-hydrogen) atoms. The van der Waals surface area contributed by atoms with Crippen LogP contribution in [0.4, 0.5) is 5.13 Å². The van der Waals surface area contributed by atoms with Crippen molar-refractivity contribution in [2.24, 2.45) is 0 Å². The van der Waals surface area contributed by atoms with Crippen LogP contribution in [0.3, 0.4) is 0 Å². The van der Waals surface area contributed by atoms with Crippen molar-refractivity contribution in [1.82, 2.24) is 4.98 Å². The molecule has 9 heteroatoms. The molecule has 1 atom stereocenters. The Morgan fingerprint density at radius 3 is 2.42 bits per heavy atom. The van der Waals surface area contributed by atoms with Crippen molar-refractivity contribution in [3.63, 3.8) is 0 Å². The monoisotopic (exact) mass is 620 g/mol. The molecule has 1 amide bonds. The van der Waals surface area contributed by atoms with Gasteiger partial charge >= 0.3 is 5.91 Å². The summed E-state index contributed by atoms with van der Waals surface area (Å²) in [4.78, 5) is 33.5. The largest absolute Gasteiger partial charge is 0.507 e. The summed E-state index contributed by atoms with van der Waals surface area (Å²) in [6.07, 6.45) is 1.87. The number of methoxy groups -OCH3 is 1. The number of benzene rings is 4. The number of nitrogens with zero attached hydrogens (tertiary/aromatic N) is 2. The standard InChI is InChI=1S/C36H32N2O6S/c1-3-4-19-43-28-12-8-11-25(20-28)33(39)31-32(24-13-15-26(16-14-24)44-22-23-9-6-5-7-10-23)38(35(41)34(31)40)36-37-29-18-17-27(42-2)21-30(29)45-36/h5-18,20-21,32,39H,3-4,19,22H2,1-2H3. The lowest BCUT2D eigenvalue weighted by atomic mass is 9.95. The smallest absolute Gasteiger partial charge is 0.301 e. The predicted molar refractivity (Wildman–Crippen MR) is 175 cm³/mol. The van der Waals surface area contributed by atoms with E-state index in [0.717, 1.165) is 23.1 Å². The Kier molecular flexibility index (Phi) is 8.79. The third-order valence-corrected chi connectivity index (χ3v) is 8.57. The second-order valence-electron chi connectivity index (χ2n) is 10.6. The Bertz CT molecular complexity index is 1870. The van der Waals surface area contributed by atoms with Gasteiger partial charge in [0.25, 0.3) is 5.78 Å². The molecule has 0 saturated carbocycles. The van der Waals surface area contributed by atoms with Gasteiger partial charge in [0.2, 0.25) is 0 Å². The molecular formula is C36H32N2O6S. The highest BCUT2D eigenvalue weighted by molar-refractivity contribution is 7.22. The fraction of sp³-hybridized carbons (Fsp3) is 0.194. The molecule has 5 aromatic rings. The van der Waals surface area contributed by atoms with E-state index in [-0.39, 0.29) is 11.3 Å². The van der Waals surface area contributed by atoms with E-state index in [1.807, 2.05) is 42.5 Å². The molecule has 1 fully saturated rings. The van der Waals surface area contributed by atoms with Crippen molar-refractivity contribution in [3.8, 4) is 17.2 Å². The van der Waals surface area contributed by atoms with Crippen molar-refractivity contribution in [1.29, 1.82) is 0 Å². The Hall–Kier alpha value is -5.15. The summed E-state index contributed by atoms with van der Waals surface area (Å²) < 4.78 is 18.0. The molecular weight excluding hydrogens is 588 g/mol. The van der Waals surface area contributed by atoms with Crippen molar-refractivity contribution in [3.05, 3.63) is 119 Å². The maximum atomic E-state index is 13.7. The zero-order valence-corrected chi connectivity index (χ0v) is 25.8. The molecule has 1 aliphatic rings. The highest BCUT2D eigenvalue weighted by atomic mass is 32.1. The molecule has 1 aliphatic heterocycles. The second-order valence-corrected chi connectivity index (χ2v) is 11.6. The molecule has 0 aliphatic carbocycles. The van der Waals surface area contributed by atoms with Crippen LogP contribution in [-0.2, 0) is 16.2 Å². The second kappa shape index (κ2) is 13.2. The summed E-state index contributed by atoms with van der Waals surface area (Å²) in [6.45, 7) is 3.01. The minimum atomic E-state index is -0.930. The van der Waals surface area contributed by atoms with Crippen LogP contribution >= 0.6 is 11.3 Å². The van der Waals surface area contributed by atoms with Crippen LogP contribution in [0.2, 0.25) is 0 Å². The first-order valence-corrected chi connectivity index (χ1v) is 15.5. The number of ketones is 1. The first-order chi connectivity index (χ1) is 22.0. The molecule has 228 valence electrons. The average Bonchev–Trinajstić information content (AvgIpc) is 3.61. The topological polar surface area (TPSA) is 98.2 Å². The van der Waals surface area contributed by atoms with Gasteiger partial charge in [-0.05, 0) is 60.0 Å². The van der Waals surface area contributed by atoms with Gasteiger partial charge in [-0.3, -0.25) is 14.5 Å². The summed E-state index contributed by atoms with van der Waals surface area (Å²) in [6, 6.07) is 28.5. The summed E-state index contributed by atoms with van der Waals surface area (Å²) in [5.74, 6) is 0.00247. The minimum Gasteiger partial charge on any atom is -0.507 e. The Morgan fingerprint density at radius 1 is 0.889 bits per heavy atom. The number of fused-ring (bicyclic) bond motifs is 1. The number of carbonyl (C=O) groups is 2. The van der Waals surface area contributed by atoms with E-state index in [1.165, 1.54) is 16.2 Å². The minimum absolute atomic E-state index is 0.0273. The van der Waals surface area contributed by atoms with E-state index >= 15 is 0 Å². The zero-order valence-electron chi connectivity index (χ0n) is 24.9. The Balaban J connectivity index is 1.41. The van der Waals surface area contributed by atoms with Crippen LogP contribution in [0.15, 0.2) is 103 Å². The molecule has 1 unspecified atom stereocenters. The number of anilines is 1. The maximum absolute atomic E-state index is 13.7. The molecule has 0 bridgehead atoms. The van der Waals surface area contributed by atoms with Gasteiger partial charge in [-0.2, -0.15) is 0 Å². The van der Waals surface area contributed by atoms with Gasteiger partial charge in [-0.15, -0.1) is 0 Å². The highest BCUT2D eigenvalue weighted by Gasteiger charge is 2.48. The number of ether oxygens (including phenoxy) is 3. The van der Waals surface area contributed by atoms with Crippen LogP contribution in [0.5, 0.6) is 17.2 Å². The lowest BCUT2D eigenvalue weighted by Crippen LogP contribution is -2.29. The number of hydrogen-bond donors (Lipinski definition) is 1. The fourth-order valence-corrected chi connectivity index (χ4v) is 6.20. The Labute approximate surface area is 265 Å². The number of amides is 1. The third kappa shape index (κ3) is 6.25. The molecule has 0 spiro atoms. The van der Waals surface area contributed by atoms with Crippen molar-refractivity contribution < 1.29 is 28.9 Å². The third-order valence-electron chi connectivity index (χ3n) is 7.55. The maximum Gasteiger partial charge on any atom is 0.301 e. The van der Waals surface area contributed by atoms with Crippen molar-refractivity contribution >= 4 is 44.1 Å². The number of aliphatic hydroxyl groups is 1. The number of Topliss-reactive ketones (excluding diaryl/α,β-unsaturated/α-hetero) is 1. The van der Waals surface area contributed by atoms with E-state index < -0.39 is 17.7 Å². The zero-order chi connectivity index (χ0) is 31.3. The number of rotatable bonds is 11. The summed E-state index contributed by atoms with van der Waals surface area (Å²) in [5.41, 5.74) is 2.67. The van der Waals surface area contributed by atoms with E-state index in [0.29, 0.717) is 52.2 Å². The molecule has 2 heterocycles. The van der Waals surface area contributed by atoms with E-state index in [1.54, 1.807) is 61.7 Å². The quantitative estimate of drug-likeness (QED) is 0.0700. The van der Waals surface area contributed by atoms with Gasteiger partial charge in [0.1, 0.15) is 29.6 Å². The van der Waals surface area contributed by atoms with Gasteiger partial charge < -0.3 is 19.3 Å². The molecule has 4 aromatic carbocycles. The molecule has 6 rings (SSSR count). The fourth-order valence-electron chi connectivity index (χ4n) is 5.18. The first-order valence-electron chi connectivity index (χ1n) is 14.7. The number of aliphatic hydroxyl groups excluding tert-OH is 1. The van der Waals surface area contributed by atoms with Crippen LogP contribution in [0.1, 0.15) is 42.5 Å². The van der Waals surface area contributed by atoms with Gasteiger partial charge in [0.05, 0.1) is 35.5 Å². The lowest BCUT2D eigenvalue weighted by Gasteiger charge is -2.23. The van der Waals surface area contributed by atoms with E-state index in [4.69, 9.17) is 19.2 Å². The van der Waals surface area contributed by atoms with Crippen LogP contribution in [0.25, 0.3) is 16.0 Å². The SMILES string of the molecule is CCCCOc1cccc(C(O)=C2C(=O)C(=O)N(c3nc4ccc(OC)cc4s3)C2c2ccc(OCc3ccccc3)cc2)c1.